The molecule has 0 atom stereocenters. The van der Waals surface area contributed by atoms with E-state index in [2.05, 4.69) is 20.8 Å². The van der Waals surface area contributed by atoms with Gasteiger partial charge in [-0.3, -0.25) is 0 Å². The van der Waals surface area contributed by atoms with Crippen LogP contribution in [0.15, 0.2) is 24.3 Å². The lowest BCUT2D eigenvalue weighted by atomic mass is 10.3. The predicted octanol–water partition coefficient (Wildman–Crippen LogP) is 2.49. The van der Waals surface area contributed by atoms with Gasteiger partial charge in [0.2, 0.25) is 0 Å². The summed E-state index contributed by atoms with van der Waals surface area (Å²) in [6.45, 7) is 1.72. The fraction of sp³-hybridized carbons (Fsp3) is 0.273. The molecule has 0 bridgehead atoms. The van der Waals surface area contributed by atoms with Gasteiger partial charge in [-0.2, -0.15) is 0 Å². The molecule has 0 spiro atoms. The van der Waals surface area contributed by atoms with Crippen LogP contribution in [-0.4, -0.2) is 30.3 Å². The van der Waals surface area contributed by atoms with E-state index in [9.17, 15) is 0 Å². The molecule has 0 fully saturated rings. The van der Waals surface area contributed by atoms with Crippen molar-refractivity contribution in [1.29, 1.82) is 0 Å². The zero-order chi connectivity index (χ0) is 12.1. The van der Waals surface area contributed by atoms with Crippen molar-refractivity contribution in [3.05, 3.63) is 28.6 Å². The van der Waals surface area contributed by atoms with E-state index in [1.165, 1.54) is 11.3 Å². The van der Waals surface area contributed by atoms with Gasteiger partial charge < -0.3 is 10.6 Å². The van der Waals surface area contributed by atoms with Gasteiger partial charge in [0.1, 0.15) is 11.5 Å². The van der Waals surface area contributed by atoms with Crippen molar-refractivity contribution in [2.24, 2.45) is 0 Å². The lowest BCUT2D eigenvalue weighted by Crippen LogP contribution is -2.18. The zero-order valence-electron chi connectivity index (χ0n) is 9.40. The highest BCUT2D eigenvalue weighted by molar-refractivity contribution is 7.19. The maximum Gasteiger partial charge on any atom is 0.148 e. The third kappa shape index (κ3) is 3.39. The van der Waals surface area contributed by atoms with E-state index in [4.69, 9.17) is 11.6 Å². The molecule has 90 valence electrons. The minimum absolute atomic E-state index is 0.762. The number of hydrogen-bond acceptors (Lipinski definition) is 5. The molecule has 6 heteroatoms. The Morgan fingerprint density at radius 3 is 2.65 bits per heavy atom. The predicted molar refractivity (Wildman–Crippen MR) is 72.8 cm³/mol. The molecule has 17 heavy (non-hydrogen) atoms. The molecule has 0 aliphatic rings. The first-order chi connectivity index (χ1) is 8.29. The SMILES string of the molecule is CNCCNc1ccc(-c2ccc(Cl)s2)nn1. The molecule has 0 unspecified atom stereocenters. The van der Waals surface area contributed by atoms with Crippen molar-refractivity contribution in [3.63, 3.8) is 0 Å². The van der Waals surface area contributed by atoms with Crippen molar-refractivity contribution in [2.75, 3.05) is 25.5 Å². The molecule has 2 aromatic heterocycles. The molecule has 2 aromatic rings. The van der Waals surface area contributed by atoms with Crippen LogP contribution < -0.4 is 10.6 Å². The van der Waals surface area contributed by atoms with Gasteiger partial charge in [-0.15, -0.1) is 21.5 Å². The van der Waals surface area contributed by atoms with Gasteiger partial charge in [0.25, 0.3) is 0 Å². The second-order valence-corrected chi connectivity index (χ2v) is 5.15. The van der Waals surface area contributed by atoms with E-state index >= 15 is 0 Å². The minimum Gasteiger partial charge on any atom is -0.367 e. The summed E-state index contributed by atoms with van der Waals surface area (Å²) in [6.07, 6.45) is 0. The normalized spacial score (nSPS) is 10.5. The average molecular weight is 269 g/mol. The number of hydrogen-bond donors (Lipinski definition) is 2. The highest BCUT2D eigenvalue weighted by atomic mass is 35.5. The molecule has 0 aliphatic heterocycles. The van der Waals surface area contributed by atoms with Crippen LogP contribution in [0.4, 0.5) is 5.82 Å². The average Bonchev–Trinajstić information content (AvgIpc) is 2.77. The van der Waals surface area contributed by atoms with Crippen LogP contribution in [0.3, 0.4) is 0 Å². The highest BCUT2D eigenvalue weighted by Gasteiger charge is 2.03. The molecular formula is C11H13ClN4S. The van der Waals surface area contributed by atoms with Gasteiger partial charge in [-0.05, 0) is 31.3 Å². The van der Waals surface area contributed by atoms with Crippen molar-refractivity contribution < 1.29 is 0 Å². The van der Waals surface area contributed by atoms with Crippen LogP contribution in [0.25, 0.3) is 10.6 Å². The molecule has 4 nitrogen and oxygen atoms in total. The zero-order valence-corrected chi connectivity index (χ0v) is 11.0. The summed E-state index contributed by atoms with van der Waals surface area (Å²) in [5, 5.41) is 14.5. The number of rotatable bonds is 5. The summed E-state index contributed by atoms with van der Waals surface area (Å²) in [7, 11) is 1.91. The van der Waals surface area contributed by atoms with Gasteiger partial charge in [0.15, 0.2) is 0 Å². The Balaban J connectivity index is 2.02. The first-order valence-electron chi connectivity index (χ1n) is 5.27. The molecule has 0 radical (unpaired) electrons. The van der Waals surface area contributed by atoms with Crippen LogP contribution in [-0.2, 0) is 0 Å². The molecule has 2 N–H and O–H groups in total. The molecule has 0 aromatic carbocycles. The summed E-state index contributed by atoms with van der Waals surface area (Å²) in [4.78, 5) is 1.03. The summed E-state index contributed by atoms with van der Waals surface area (Å²) in [6, 6.07) is 7.68. The van der Waals surface area contributed by atoms with E-state index in [0.717, 1.165) is 33.8 Å². The largest absolute Gasteiger partial charge is 0.367 e. The summed E-state index contributed by atoms with van der Waals surface area (Å²) < 4.78 is 0.762. The number of halogens is 1. The fourth-order valence-corrected chi connectivity index (χ4v) is 2.33. The van der Waals surface area contributed by atoms with Crippen molar-refractivity contribution in [3.8, 4) is 10.6 Å². The summed E-state index contributed by atoms with van der Waals surface area (Å²) in [5.74, 6) is 0.784. The van der Waals surface area contributed by atoms with Gasteiger partial charge in [-0.25, -0.2) is 0 Å². The van der Waals surface area contributed by atoms with Crippen LogP contribution in [0.1, 0.15) is 0 Å². The molecule has 2 rings (SSSR count). The fourth-order valence-electron chi connectivity index (χ4n) is 1.33. The van der Waals surface area contributed by atoms with E-state index in [1.54, 1.807) is 0 Å². The van der Waals surface area contributed by atoms with Crippen molar-refractivity contribution >= 4 is 28.8 Å². The Hall–Kier alpha value is -1.17. The van der Waals surface area contributed by atoms with Crippen molar-refractivity contribution in [2.45, 2.75) is 0 Å². The summed E-state index contributed by atoms with van der Waals surface area (Å²) in [5.41, 5.74) is 0.848. The van der Waals surface area contributed by atoms with Gasteiger partial charge in [0.05, 0.1) is 9.21 Å². The minimum atomic E-state index is 0.762. The van der Waals surface area contributed by atoms with Gasteiger partial charge in [-0.1, -0.05) is 11.6 Å². The Kier molecular flexibility index (Phi) is 4.30. The monoisotopic (exact) mass is 268 g/mol. The van der Waals surface area contributed by atoms with Gasteiger partial charge in [0, 0.05) is 13.1 Å². The first kappa shape index (κ1) is 12.3. The third-order valence-electron chi connectivity index (χ3n) is 2.17. The van der Waals surface area contributed by atoms with E-state index in [1.807, 2.05) is 31.3 Å². The highest BCUT2D eigenvalue weighted by Crippen LogP contribution is 2.29. The Labute approximate surface area is 109 Å². The standard InChI is InChI=1S/C11H13ClN4S/c1-13-6-7-14-11-5-2-8(15-16-11)9-3-4-10(12)17-9/h2-5,13H,6-7H2,1H3,(H,14,16). The van der Waals surface area contributed by atoms with Crippen LogP contribution in [0, 0.1) is 0 Å². The lowest BCUT2D eigenvalue weighted by Gasteiger charge is -2.04. The number of thiophene rings is 1. The maximum absolute atomic E-state index is 5.88. The number of aromatic nitrogens is 2. The van der Waals surface area contributed by atoms with E-state index in [0.29, 0.717) is 0 Å². The smallest absolute Gasteiger partial charge is 0.148 e. The number of nitrogens with zero attached hydrogens (tertiary/aromatic N) is 2. The van der Waals surface area contributed by atoms with Crippen LogP contribution in [0.5, 0.6) is 0 Å². The van der Waals surface area contributed by atoms with Crippen LogP contribution in [0.2, 0.25) is 4.34 Å². The maximum atomic E-state index is 5.88. The first-order valence-corrected chi connectivity index (χ1v) is 6.47. The third-order valence-corrected chi connectivity index (χ3v) is 3.42. The van der Waals surface area contributed by atoms with Gasteiger partial charge >= 0.3 is 0 Å². The quantitative estimate of drug-likeness (QED) is 0.818. The Morgan fingerprint density at radius 2 is 2.06 bits per heavy atom. The molecule has 0 amide bonds. The second kappa shape index (κ2) is 5.95. The number of likely N-dealkylation sites (N-methyl/N-ethyl adjacent to an activating group) is 1. The molecule has 0 saturated carbocycles. The molecule has 0 saturated heterocycles. The topological polar surface area (TPSA) is 49.8 Å². The number of nitrogens with one attached hydrogen (secondary N) is 2. The Morgan fingerprint density at radius 1 is 1.18 bits per heavy atom. The number of anilines is 1. The molecule has 2 heterocycles. The lowest BCUT2D eigenvalue weighted by molar-refractivity contribution is 0.818. The Bertz CT molecular complexity index is 469. The van der Waals surface area contributed by atoms with Crippen molar-refractivity contribution in [1.82, 2.24) is 15.5 Å². The molecular weight excluding hydrogens is 256 g/mol. The van der Waals surface area contributed by atoms with E-state index < -0.39 is 0 Å². The van der Waals surface area contributed by atoms with Crippen LogP contribution >= 0.6 is 22.9 Å². The second-order valence-electron chi connectivity index (χ2n) is 3.44. The van der Waals surface area contributed by atoms with E-state index in [-0.39, 0.29) is 0 Å². The summed E-state index contributed by atoms with van der Waals surface area (Å²) >= 11 is 7.38. The molecule has 0 aliphatic carbocycles.